The molecule has 0 saturated carbocycles. The van der Waals surface area contributed by atoms with Gasteiger partial charge in [-0.2, -0.15) is 17.0 Å². The van der Waals surface area contributed by atoms with E-state index in [9.17, 15) is 4.79 Å². The molecule has 1 N–H and O–H groups in total. The maximum Gasteiger partial charge on any atom is 0.275 e. The molecule has 0 unspecified atom stereocenters. The fourth-order valence-electron chi connectivity index (χ4n) is 1.94. The molecule has 0 aliphatic carbocycles. The van der Waals surface area contributed by atoms with Crippen LogP contribution in [0.4, 0.5) is 0 Å². The summed E-state index contributed by atoms with van der Waals surface area (Å²) in [6, 6.07) is 9.10. The Bertz CT molecular complexity index is 678. The molecule has 1 aromatic carbocycles. The van der Waals surface area contributed by atoms with E-state index >= 15 is 0 Å². The number of thioether (sulfide) groups is 1. The Hall–Kier alpha value is -1.93. The minimum Gasteiger partial charge on any atom is -0.294 e. The second-order valence-corrected chi connectivity index (χ2v) is 4.85. The summed E-state index contributed by atoms with van der Waals surface area (Å²) in [6.07, 6.45) is 0. The molecule has 2 heterocycles. The third-order valence-electron chi connectivity index (χ3n) is 2.80. The van der Waals surface area contributed by atoms with E-state index in [4.69, 9.17) is 5.26 Å². The second-order valence-electron chi connectivity index (χ2n) is 3.86. The van der Waals surface area contributed by atoms with E-state index in [0.717, 1.165) is 22.8 Å². The molecule has 1 aromatic heterocycles. The number of rotatable bonds is 1. The lowest BCUT2D eigenvalue weighted by Gasteiger charge is -2.02. The molecule has 0 amide bonds. The number of H-pyrrole nitrogens is 1. The smallest absolute Gasteiger partial charge is 0.275 e. The first-order valence-electron chi connectivity index (χ1n) is 5.20. The van der Waals surface area contributed by atoms with Gasteiger partial charge < -0.3 is 0 Å². The number of fused-ring (bicyclic) bond motifs is 1. The van der Waals surface area contributed by atoms with Crippen molar-refractivity contribution in [3.05, 3.63) is 51.4 Å². The van der Waals surface area contributed by atoms with Gasteiger partial charge in [-0.3, -0.25) is 9.89 Å². The van der Waals surface area contributed by atoms with E-state index in [2.05, 4.69) is 11.2 Å². The van der Waals surface area contributed by atoms with Crippen molar-refractivity contribution in [1.82, 2.24) is 9.78 Å². The van der Waals surface area contributed by atoms with E-state index < -0.39 is 0 Å². The Morgan fingerprint density at radius 3 is 3.06 bits per heavy atom. The fourth-order valence-corrected chi connectivity index (χ4v) is 2.98. The van der Waals surface area contributed by atoms with Gasteiger partial charge in [-0.25, -0.2) is 4.68 Å². The van der Waals surface area contributed by atoms with Gasteiger partial charge in [-0.05, 0) is 18.2 Å². The Morgan fingerprint density at radius 2 is 2.29 bits per heavy atom. The predicted molar refractivity (Wildman–Crippen MR) is 66.1 cm³/mol. The Balaban J connectivity index is 2.16. The first-order valence-corrected chi connectivity index (χ1v) is 6.36. The van der Waals surface area contributed by atoms with Gasteiger partial charge in [0.1, 0.15) is 0 Å². The molecular weight excluding hydrogens is 234 g/mol. The van der Waals surface area contributed by atoms with E-state index in [-0.39, 0.29) is 5.56 Å². The third-order valence-corrected chi connectivity index (χ3v) is 3.78. The van der Waals surface area contributed by atoms with E-state index in [1.165, 1.54) is 4.68 Å². The van der Waals surface area contributed by atoms with Gasteiger partial charge in [0.2, 0.25) is 0 Å². The van der Waals surface area contributed by atoms with Crippen molar-refractivity contribution < 1.29 is 0 Å². The summed E-state index contributed by atoms with van der Waals surface area (Å²) >= 11 is 1.74. The van der Waals surface area contributed by atoms with Crippen LogP contribution in [0.25, 0.3) is 5.69 Å². The second kappa shape index (κ2) is 3.82. The quantitative estimate of drug-likeness (QED) is 0.830. The molecule has 1 aliphatic rings. The molecule has 3 rings (SSSR count). The number of aromatic amines is 1. The largest absolute Gasteiger partial charge is 0.294 e. The molecule has 2 aromatic rings. The number of aromatic nitrogens is 2. The topological polar surface area (TPSA) is 61.6 Å². The molecule has 0 bridgehead atoms. The average molecular weight is 243 g/mol. The van der Waals surface area contributed by atoms with Gasteiger partial charge in [-0.1, -0.05) is 6.07 Å². The molecule has 17 heavy (non-hydrogen) atoms. The van der Waals surface area contributed by atoms with Crippen LogP contribution < -0.4 is 5.56 Å². The van der Waals surface area contributed by atoms with Gasteiger partial charge in [0.15, 0.2) is 0 Å². The molecule has 0 spiro atoms. The minimum atomic E-state index is 0.0000831. The van der Waals surface area contributed by atoms with Crippen LogP contribution in [0.5, 0.6) is 0 Å². The van der Waals surface area contributed by atoms with E-state index in [0.29, 0.717) is 11.3 Å². The highest BCUT2D eigenvalue weighted by Gasteiger charge is 2.20. The van der Waals surface area contributed by atoms with Gasteiger partial charge in [0.05, 0.1) is 28.6 Å². The Kier molecular flexibility index (Phi) is 2.30. The van der Waals surface area contributed by atoms with E-state index in [1.54, 1.807) is 30.0 Å². The number of nitrogens with one attached hydrogen (secondary N) is 1. The SMILES string of the molecule is N#Cc1cccc(-n2[nH]c3c(c2=O)CSC3)c1. The molecule has 0 radical (unpaired) electrons. The van der Waals surface area contributed by atoms with Crippen LogP contribution >= 0.6 is 11.8 Å². The molecule has 1 aliphatic heterocycles. The summed E-state index contributed by atoms with van der Waals surface area (Å²) < 4.78 is 1.52. The van der Waals surface area contributed by atoms with Crippen LogP contribution in [0.15, 0.2) is 29.1 Å². The monoisotopic (exact) mass is 243 g/mol. The maximum atomic E-state index is 12.1. The third kappa shape index (κ3) is 1.58. The highest BCUT2D eigenvalue weighted by atomic mass is 32.2. The standard InChI is InChI=1S/C12H9N3OS/c13-5-8-2-1-3-9(4-8)15-12(16)10-6-17-7-11(10)14-15/h1-4,14H,6-7H2. The summed E-state index contributed by atoms with van der Waals surface area (Å²) in [6.45, 7) is 0. The van der Waals surface area contributed by atoms with Crippen LogP contribution in [-0.2, 0) is 11.5 Å². The number of nitriles is 1. The Morgan fingerprint density at radius 1 is 1.41 bits per heavy atom. The number of hydrogen-bond donors (Lipinski definition) is 1. The van der Waals surface area contributed by atoms with Crippen molar-refractivity contribution in [3.63, 3.8) is 0 Å². The summed E-state index contributed by atoms with van der Waals surface area (Å²) in [5.74, 6) is 1.63. The number of hydrogen-bond acceptors (Lipinski definition) is 3. The van der Waals surface area contributed by atoms with Gasteiger partial charge in [0.25, 0.3) is 5.56 Å². The van der Waals surface area contributed by atoms with Crippen LogP contribution in [-0.4, -0.2) is 9.78 Å². The van der Waals surface area contributed by atoms with Crippen LogP contribution in [0.2, 0.25) is 0 Å². The summed E-state index contributed by atoms with van der Waals surface area (Å²) in [5, 5.41) is 11.9. The van der Waals surface area contributed by atoms with Crippen LogP contribution in [0, 0.1) is 11.3 Å². The van der Waals surface area contributed by atoms with Crippen molar-refractivity contribution in [2.75, 3.05) is 0 Å². The minimum absolute atomic E-state index is 0.0000831. The first kappa shape index (κ1) is 10.2. The van der Waals surface area contributed by atoms with E-state index in [1.807, 2.05) is 6.07 Å². The lowest BCUT2D eigenvalue weighted by molar-refractivity contribution is 0.831. The van der Waals surface area contributed by atoms with Crippen molar-refractivity contribution in [2.24, 2.45) is 0 Å². The summed E-state index contributed by atoms with van der Waals surface area (Å²) in [5.41, 5.74) is 3.13. The lowest BCUT2D eigenvalue weighted by Crippen LogP contribution is -2.16. The lowest BCUT2D eigenvalue weighted by atomic mass is 10.2. The van der Waals surface area contributed by atoms with Gasteiger partial charge in [0, 0.05) is 11.5 Å². The average Bonchev–Trinajstić information content (AvgIpc) is 2.93. The molecule has 0 atom stereocenters. The number of nitrogens with zero attached hydrogens (tertiary/aromatic N) is 2. The highest BCUT2D eigenvalue weighted by Crippen LogP contribution is 2.26. The van der Waals surface area contributed by atoms with Crippen LogP contribution in [0.1, 0.15) is 16.8 Å². The summed E-state index contributed by atoms with van der Waals surface area (Å²) in [7, 11) is 0. The zero-order valence-corrected chi connectivity index (χ0v) is 9.75. The molecule has 0 fully saturated rings. The fraction of sp³-hybridized carbons (Fsp3) is 0.167. The first-order chi connectivity index (χ1) is 8.29. The summed E-state index contributed by atoms with van der Waals surface area (Å²) in [4.78, 5) is 12.1. The van der Waals surface area contributed by atoms with Crippen molar-refractivity contribution >= 4 is 11.8 Å². The van der Waals surface area contributed by atoms with Crippen molar-refractivity contribution in [2.45, 2.75) is 11.5 Å². The molecule has 0 saturated heterocycles. The van der Waals surface area contributed by atoms with Gasteiger partial charge >= 0.3 is 0 Å². The van der Waals surface area contributed by atoms with Crippen molar-refractivity contribution in [3.8, 4) is 11.8 Å². The molecular formula is C12H9N3OS. The molecule has 5 heteroatoms. The highest BCUT2D eigenvalue weighted by molar-refractivity contribution is 7.98. The molecule has 4 nitrogen and oxygen atoms in total. The van der Waals surface area contributed by atoms with Gasteiger partial charge in [-0.15, -0.1) is 0 Å². The maximum absolute atomic E-state index is 12.1. The number of benzene rings is 1. The van der Waals surface area contributed by atoms with Crippen LogP contribution in [0.3, 0.4) is 0 Å². The molecule has 84 valence electrons. The zero-order valence-electron chi connectivity index (χ0n) is 8.93. The Labute approximate surface area is 102 Å². The predicted octanol–water partition coefficient (Wildman–Crippen LogP) is 1.78. The normalized spacial score (nSPS) is 13.4. The zero-order chi connectivity index (χ0) is 11.8. The van der Waals surface area contributed by atoms with Crippen molar-refractivity contribution in [1.29, 1.82) is 5.26 Å².